The predicted octanol–water partition coefficient (Wildman–Crippen LogP) is 7.13. The first kappa shape index (κ1) is 24.0. The maximum atomic E-state index is 13.4. The van der Waals surface area contributed by atoms with Crippen LogP contribution in [0.25, 0.3) is 11.0 Å². The van der Waals surface area contributed by atoms with E-state index in [-0.39, 0.29) is 11.7 Å². The average Bonchev–Trinajstić information content (AvgIpc) is 3.21. The largest absolute Gasteiger partial charge is 0.322 e. The smallest absolute Gasteiger partial charge is 0.255 e. The lowest BCUT2D eigenvalue weighted by Crippen LogP contribution is -2.12. The molecule has 0 bridgehead atoms. The van der Waals surface area contributed by atoms with Gasteiger partial charge < -0.3 is 9.88 Å². The molecule has 5 rings (SSSR count). The molecule has 2 heterocycles. The molecule has 8 heteroatoms. The maximum Gasteiger partial charge on any atom is 0.255 e. The Bertz CT molecular complexity index is 1550. The van der Waals surface area contributed by atoms with E-state index in [4.69, 9.17) is 16.6 Å². The standard InChI is InChI=1S/C28H22ClFN4OS/c1-18-3-2-4-23(13-18)32-27(35)20-7-5-19(6-8-20)16-34-26-15-31-12-11-25(26)33-28(34)36-17-21-9-10-22(30)14-24(21)29/h2-15H,16-17H2,1H3,(H,32,35). The molecule has 0 aliphatic rings. The van der Waals surface area contributed by atoms with Crippen molar-refractivity contribution in [1.82, 2.24) is 14.5 Å². The number of thioether (sulfide) groups is 1. The molecule has 0 saturated carbocycles. The summed E-state index contributed by atoms with van der Waals surface area (Å²) < 4.78 is 15.5. The molecule has 1 amide bonds. The quantitative estimate of drug-likeness (QED) is 0.234. The number of rotatable bonds is 7. The van der Waals surface area contributed by atoms with Crippen LogP contribution < -0.4 is 5.32 Å². The Balaban J connectivity index is 1.35. The van der Waals surface area contributed by atoms with Crippen LogP contribution in [0.4, 0.5) is 10.1 Å². The van der Waals surface area contributed by atoms with Crippen molar-refractivity contribution in [2.75, 3.05) is 5.32 Å². The second-order valence-corrected chi connectivity index (χ2v) is 9.74. The summed E-state index contributed by atoms with van der Waals surface area (Å²) in [4.78, 5) is 21.7. The van der Waals surface area contributed by atoms with Crippen LogP contribution in [-0.4, -0.2) is 20.4 Å². The Morgan fingerprint density at radius 3 is 2.69 bits per heavy atom. The SMILES string of the molecule is Cc1cccc(NC(=O)c2ccc(Cn3c(SCc4ccc(F)cc4Cl)nc4ccncc43)cc2)c1. The van der Waals surface area contributed by atoms with E-state index in [9.17, 15) is 9.18 Å². The Morgan fingerprint density at radius 1 is 1.08 bits per heavy atom. The van der Waals surface area contributed by atoms with E-state index in [1.54, 1.807) is 18.5 Å². The van der Waals surface area contributed by atoms with Gasteiger partial charge in [-0.3, -0.25) is 9.78 Å². The van der Waals surface area contributed by atoms with Gasteiger partial charge in [-0.2, -0.15) is 0 Å². The summed E-state index contributed by atoms with van der Waals surface area (Å²) in [5, 5.41) is 4.14. The summed E-state index contributed by atoms with van der Waals surface area (Å²) >= 11 is 7.75. The van der Waals surface area contributed by atoms with E-state index in [0.29, 0.717) is 22.9 Å². The van der Waals surface area contributed by atoms with Crippen LogP contribution in [0.2, 0.25) is 5.02 Å². The molecule has 0 unspecified atom stereocenters. The Hall–Kier alpha value is -3.68. The van der Waals surface area contributed by atoms with Gasteiger partial charge in [-0.25, -0.2) is 9.37 Å². The van der Waals surface area contributed by atoms with E-state index < -0.39 is 0 Å². The van der Waals surface area contributed by atoms with E-state index in [2.05, 4.69) is 14.9 Å². The Morgan fingerprint density at radius 2 is 1.92 bits per heavy atom. The van der Waals surface area contributed by atoms with Crippen LogP contribution in [0.1, 0.15) is 27.0 Å². The van der Waals surface area contributed by atoms with Gasteiger partial charge in [-0.15, -0.1) is 0 Å². The van der Waals surface area contributed by atoms with Crippen molar-refractivity contribution in [3.8, 4) is 0 Å². The molecule has 0 saturated heterocycles. The zero-order valence-corrected chi connectivity index (χ0v) is 21.0. The molecule has 0 spiro atoms. The highest BCUT2D eigenvalue weighted by atomic mass is 35.5. The molecule has 0 radical (unpaired) electrons. The molecule has 1 N–H and O–H groups in total. The van der Waals surface area contributed by atoms with Gasteiger partial charge in [-0.1, -0.05) is 53.7 Å². The number of imidazole rings is 1. The number of halogens is 2. The van der Waals surface area contributed by atoms with Gasteiger partial charge in [0.15, 0.2) is 5.16 Å². The van der Waals surface area contributed by atoms with Gasteiger partial charge >= 0.3 is 0 Å². The lowest BCUT2D eigenvalue weighted by atomic mass is 10.1. The maximum absolute atomic E-state index is 13.4. The van der Waals surface area contributed by atoms with E-state index in [1.807, 2.05) is 61.5 Å². The highest BCUT2D eigenvalue weighted by Gasteiger charge is 2.14. The normalized spacial score (nSPS) is 11.1. The molecule has 3 aromatic carbocycles. The first-order chi connectivity index (χ1) is 17.5. The van der Waals surface area contributed by atoms with E-state index in [1.165, 1.54) is 23.9 Å². The molecule has 5 aromatic rings. The highest BCUT2D eigenvalue weighted by Crippen LogP contribution is 2.30. The van der Waals surface area contributed by atoms with Gasteiger partial charge in [0.1, 0.15) is 5.82 Å². The van der Waals surface area contributed by atoms with Crippen LogP contribution in [0, 0.1) is 12.7 Å². The van der Waals surface area contributed by atoms with Gasteiger partial charge in [0.25, 0.3) is 5.91 Å². The van der Waals surface area contributed by atoms with Crippen LogP contribution in [-0.2, 0) is 12.3 Å². The van der Waals surface area contributed by atoms with Gasteiger partial charge in [0, 0.05) is 28.2 Å². The summed E-state index contributed by atoms with van der Waals surface area (Å²) in [6.45, 7) is 2.54. The molecule has 180 valence electrons. The summed E-state index contributed by atoms with van der Waals surface area (Å²) in [7, 11) is 0. The number of carbonyl (C=O) groups excluding carboxylic acids is 1. The van der Waals surface area contributed by atoms with Gasteiger partial charge in [0.05, 0.1) is 23.8 Å². The Labute approximate surface area is 217 Å². The number of fused-ring (bicyclic) bond motifs is 1. The molecule has 5 nitrogen and oxygen atoms in total. The summed E-state index contributed by atoms with van der Waals surface area (Å²) in [6.07, 6.45) is 3.51. The van der Waals surface area contributed by atoms with Crippen molar-refractivity contribution < 1.29 is 9.18 Å². The minimum absolute atomic E-state index is 0.156. The molecule has 2 aromatic heterocycles. The number of anilines is 1. The number of pyridine rings is 1. The zero-order chi connectivity index (χ0) is 25.1. The Kier molecular flexibility index (Phi) is 7.02. The minimum Gasteiger partial charge on any atom is -0.322 e. The first-order valence-corrected chi connectivity index (χ1v) is 12.7. The second kappa shape index (κ2) is 10.5. The van der Waals surface area contributed by atoms with Gasteiger partial charge in [-0.05, 0) is 66.1 Å². The number of benzene rings is 3. The summed E-state index contributed by atoms with van der Waals surface area (Å²) in [5.74, 6) is 0.0356. The number of nitrogens with one attached hydrogen (secondary N) is 1. The molecule has 0 fully saturated rings. The van der Waals surface area contributed by atoms with Crippen molar-refractivity contribution in [1.29, 1.82) is 0 Å². The topological polar surface area (TPSA) is 59.8 Å². The van der Waals surface area contributed by atoms with Crippen molar-refractivity contribution >= 4 is 46.0 Å². The second-order valence-electron chi connectivity index (χ2n) is 8.39. The molecule has 0 aliphatic heterocycles. The number of hydrogen-bond donors (Lipinski definition) is 1. The number of amides is 1. The minimum atomic E-state index is -0.358. The molecule has 0 aliphatic carbocycles. The lowest BCUT2D eigenvalue weighted by molar-refractivity contribution is 0.102. The fraction of sp³-hybridized carbons (Fsp3) is 0.107. The van der Waals surface area contributed by atoms with Crippen molar-refractivity contribution in [3.63, 3.8) is 0 Å². The summed E-state index contributed by atoms with van der Waals surface area (Å²) in [5.41, 5.74) is 6.04. The number of hydrogen-bond acceptors (Lipinski definition) is 4. The highest BCUT2D eigenvalue weighted by molar-refractivity contribution is 7.98. The van der Waals surface area contributed by atoms with Crippen LogP contribution >= 0.6 is 23.4 Å². The van der Waals surface area contributed by atoms with Crippen LogP contribution in [0.3, 0.4) is 0 Å². The van der Waals surface area contributed by atoms with Crippen LogP contribution in [0.15, 0.2) is 90.3 Å². The van der Waals surface area contributed by atoms with Crippen LogP contribution in [0.5, 0.6) is 0 Å². The monoisotopic (exact) mass is 516 g/mol. The lowest BCUT2D eigenvalue weighted by Gasteiger charge is -2.11. The average molecular weight is 517 g/mol. The van der Waals surface area contributed by atoms with Gasteiger partial charge in [0.2, 0.25) is 0 Å². The van der Waals surface area contributed by atoms with Crippen molar-refractivity contribution in [2.45, 2.75) is 24.4 Å². The molecule has 0 atom stereocenters. The first-order valence-electron chi connectivity index (χ1n) is 11.3. The molecule has 36 heavy (non-hydrogen) atoms. The number of aryl methyl sites for hydroxylation is 1. The fourth-order valence-corrected chi connectivity index (χ4v) is 5.19. The third-order valence-corrected chi connectivity index (χ3v) is 7.10. The molecular formula is C28H22ClFN4OS. The number of carbonyl (C=O) groups is 1. The van der Waals surface area contributed by atoms with E-state index in [0.717, 1.165) is 38.6 Å². The number of aromatic nitrogens is 3. The van der Waals surface area contributed by atoms with Crippen molar-refractivity contribution in [3.05, 3.63) is 118 Å². The number of nitrogens with zero attached hydrogens (tertiary/aromatic N) is 3. The fourth-order valence-electron chi connectivity index (χ4n) is 3.86. The zero-order valence-electron chi connectivity index (χ0n) is 19.4. The van der Waals surface area contributed by atoms with Crippen molar-refractivity contribution in [2.24, 2.45) is 0 Å². The predicted molar refractivity (Wildman–Crippen MR) is 143 cm³/mol. The molecular weight excluding hydrogens is 495 g/mol. The van der Waals surface area contributed by atoms with E-state index >= 15 is 0 Å². The third kappa shape index (κ3) is 5.42. The third-order valence-electron chi connectivity index (χ3n) is 5.72. The summed E-state index contributed by atoms with van der Waals surface area (Å²) in [6, 6.07) is 21.5.